The van der Waals surface area contributed by atoms with Gasteiger partial charge < -0.3 is 20.1 Å². The van der Waals surface area contributed by atoms with Crippen LogP contribution < -0.4 is 5.32 Å². The van der Waals surface area contributed by atoms with E-state index >= 15 is 0 Å². The van der Waals surface area contributed by atoms with Gasteiger partial charge in [-0.2, -0.15) is 0 Å². The van der Waals surface area contributed by atoms with Crippen LogP contribution in [0.1, 0.15) is 50.2 Å². The number of amides is 2. The van der Waals surface area contributed by atoms with E-state index in [4.69, 9.17) is 4.74 Å². The lowest BCUT2D eigenvalue weighted by Gasteiger charge is -2.35. The van der Waals surface area contributed by atoms with Crippen LogP contribution in [0.15, 0.2) is 18.2 Å². The maximum absolute atomic E-state index is 12.7. The first-order chi connectivity index (χ1) is 11.1. The molecule has 2 amide bonds. The molecule has 1 heterocycles. The lowest BCUT2D eigenvalue weighted by Crippen LogP contribution is -2.47. The molecule has 1 atom stereocenters. The SMILES string of the molecule is CC(O)CN(C(=O)Nc1ccc2c(c1)COC2)C1CCCCC1. The Morgan fingerprint density at radius 3 is 2.78 bits per heavy atom. The Morgan fingerprint density at radius 1 is 1.30 bits per heavy atom. The molecule has 3 rings (SSSR count). The van der Waals surface area contributed by atoms with Crippen LogP contribution in [0.5, 0.6) is 0 Å². The van der Waals surface area contributed by atoms with Crippen molar-refractivity contribution >= 4 is 11.7 Å². The van der Waals surface area contributed by atoms with Crippen molar-refractivity contribution in [2.24, 2.45) is 0 Å². The molecular weight excluding hydrogens is 292 g/mol. The maximum atomic E-state index is 12.7. The largest absolute Gasteiger partial charge is 0.392 e. The van der Waals surface area contributed by atoms with E-state index < -0.39 is 6.10 Å². The van der Waals surface area contributed by atoms with Crippen LogP contribution in [0.25, 0.3) is 0 Å². The van der Waals surface area contributed by atoms with Crippen LogP contribution >= 0.6 is 0 Å². The normalized spacial score (nSPS) is 19.2. The molecule has 1 aromatic carbocycles. The monoisotopic (exact) mass is 318 g/mol. The average Bonchev–Trinajstić information content (AvgIpc) is 3.01. The van der Waals surface area contributed by atoms with E-state index in [1.54, 1.807) is 6.92 Å². The molecule has 0 spiro atoms. The number of nitrogens with zero attached hydrogens (tertiary/aromatic N) is 1. The van der Waals surface area contributed by atoms with Crippen molar-refractivity contribution < 1.29 is 14.6 Å². The molecule has 23 heavy (non-hydrogen) atoms. The molecule has 1 aliphatic heterocycles. The van der Waals surface area contributed by atoms with Gasteiger partial charge in [-0.3, -0.25) is 0 Å². The second-order valence-corrected chi connectivity index (χ2v) is 6.70. The summed E-state index contributed by atoms with van der Waals surface area (Å²) in [5.41, 5.74) is 3.13. The molecular formula is C18H26N2O3. The number of ether oxygens (including phenoxy) is 1. The van der Waals surface area contributed by atoms with Gasteiger partial charge in [0.05, 0.1) is 19.3 Å². The third-order valence-corrected chi connectivity index (χ3v) is 4.71. The topological polar surface area (TPSA) is 61.8 Å². The number of fused-ring (bicyclic) bond motifs is 1. The van der Waals surface area contributed by atoms with Gasteiger partial charge in [0, 0.05) is 18.3 Å². The summed E-state index contributed by atoms with van der Waals surface area (Å²) in [6, 6.07) is 6.04. The Morgan fingerprint density at radius 2 is 2.04 bits per heavy atom. The molecule has 1 aromatic rings. The van der Waals surface area contributed by atoms with Crippen molar-refractivity contribution in [1.82, 2.24) is 4.90 Å². The summed E-state index contributed by atoms with van der Waals surface area (Å²) >= 11 is 0. The molecule has 1 saturated carbocycles. The maximum Gasteiger partial charge on any atom is 0.322 e. The van der Waals surface area contributed by atoms with E-state index in [2.05, 4.69) is 5.32 Å². The first-order valence-corrected chi connectivity index (χ1v) is 8.58. The highest BCUT2D eigenvalue weighted by molar-refractivity contribution is 5.89. The molecule has 0 bridgehead atoms. The zero-order valence-corrected chi connectivity index (χ0v) is 13.8. The highest BCUT2D eigenvalue weighted by Gasteiger charge is 2.26. The molecule has 2 aliphatic rings. The summed E-state index contributed by atoms with van der Waals surface area (Å²) in [4.78, 5) is 14.5. The summed E-state index contributed by atoms with van der Waals surface area (Å²) in [6.45, 7) is 3.37. The zero-order valence-electron chi connectivity index (χ0n) is 13.8. The Labute approximate surface area is 137 Å². The van der Waals surface area contributed by atoms with Gasteiger partial charge in [0.15, 0.2) is 0 Å². The van der Waals surface area contributed by atoms with Crippen LogP contribution in [-0.4, -0.2) is 34.7 Å². The van der Waals surface area contributed by atoms with Gasteiger partial charge in [-0.05, 0) is 43.0 Å². The number of anilines is 1. The number of rotatable bonds is 4. The molecule has 0 aromatic heterocycles. The number of hydrogen-bond donors (Lipinski definition) is 2. The number of nitrogens with one attached hydrogen (secondary N) is 1. The van der Waals surface area contributed by atoms with E-state index in [0.717, 1.165) is 36.9 Å². The lowest BCUT2D eigenvalue weighted by atomic mass is 9.94. The van der Waals surface area contributed by atoms with Crippen molar-refractivity contribution in [2.75, 3.05) is 11.9 Å². The van der Waals surface area contributed by atoms with Gasteiger partial charge >= 0.3 is 6.03 Å². The van der Waals surface area contributed by atoms with Crippen molar-refractivity contribution in [3.63, 3.8) is 0 Å². The van der Waals surface area contributed by atoms with E-state index in [1.165, 1.54) is 12.0 Å². The third-order valence-electron chi connectivity index (χ3n) is 4.71. The number of benzene rings is 1. The summed E-state index contributed by atoms with van der Waals surface area (Å²) in [5.74, 6) is 0. The highest BCUT2D eigenvalue weighted by Crippen LogP contribution is 2.26. The van der Waals surface area contributed by atoms with Gasteiger partial charge in [0.2, 0.25) is 0 Å². The third kappa shape index (κ3) is 4.03. The minimum atomic E-state index is -0.518. The van der Waals surface area contributed by atoms with Gasteiger partial charge in [-0.1, -0.05) is 25.3 Å². The fourth-order valence-corrected chi connectivity index (χ4v) is 3.52. The minimum absolute atomic E-state index is 0.114. The van der Waals surface area contributed by atoms with Crippen LogP contribution in [0.2, 0.25) is 0 Å². The molecule has 1 aliphatic carbocycles. The summed E-state index contributed by atoms with van der Waals surface area (Å²) in [7, 11) is 0. The van der Waals surface area contributed by atoms with Crippen LogP contribution in [-0.2, 0) is 18.0 Å². The van der Waals surface area contributed by atoms with E-state index in [1.807, 2.05) is 23.1 Å². The molecule has 2 N–H and O–H groups in total. The number of carbonyl (C=O) groups is 1. The molecule has 1 fully saturated rings. The van der Waals surface area contributed by atoms with Crippen molar-refractivity contribution in [1.29, 1.82) is 0 Å². The van der Waals surface area contributed by atoms with E-state index in [0.29, 0.717) is 19.8 Å². The van der Waals surface area contributed by atoms with Crippen molar-refractivity contribution in [3.05, 3.63) is 29.3 Å². The summed E-state index contributed by atoms with van der Waals surface area (Å²) < 4.78 is 5.41. The highest BCUT2D eigenvalue weighted by atomic mass is 16.5. The lowest BCUT2D eigenvalue weighted by molar-refractivity contribution is 0.105. The molecule has 1 unspecified atom stereocenters. The second-order valence-electron chi connectivity index (χ2n) is 6.70. The molecule has 0 saturated heterocycles. The number of urea groups is 1. The number of hydrogen-bond acceptors (Lipinski definition) is 3. The predicted molar refractivity (Wildman–Crippen MR) is 89.2 cm³/mol. The molecule has 5 heteroatoms. The molecule has 5 nitrogen and oxygen atoms in total. The van der Waals surface area contributed by atoms with Crippen molar-refractivity contribution in [3.8, 4) is 0 Å². The standard InChI is InChI=1S/C18H26N2O3/c1-13(21)10-20(17-5-3-2-4-6-17)18(22)19-16-8-7-14-11-23-12-15(14)9-16/h7-9,13,17,21H,2-6,10-12H2,1H3,(H,19,22). The Balaban J connectivity index is 1.69. The Hall–Kier alpha value is -1.59. The fraction of sp³-hybridized carbons (Fsp3) is 0.611. The Kier molecular flexibility index (Phi) is 5.18. The smallest absolute Gasteiger partial charge is 0.322 e. The Bertz CT molecular complexity index is 553. The number of aliphatic hydroxyl groups is 1. The van der Waals surface area contributed by atoms with E-state index in [-0.39, 0.29) is 12.1 Å². The first kappa shape index (κ1) is 16.3. The van der Waals surface area contributed by atoms with Gasteiger partial charge in [0.25, 0.3) is 0 Å². The zero-order chi connectivity index (χ0) is 16.2. The summed E-state index contributed by atoms with van der Waals surface area (Å²) in [6.07, 6.45) is 5.09. The summed E-state index contributed by atoms with van der Waals surface area (Å²) in [5, 5.41) is 12.8. The van der Waals surface area contributed by atoms with Crippen LogP contribution in [0, 0.1) is 0 Å². The minimum Gasteiger partial charge on any atom is -0.392 e. The predicted octanol–water partition coefficient (Wildman–Crippen LogP) is 3.26. The first-order valence-electron chi connectivity index (χ1n) is 8.58. The quantitative estimate of drug-likeness (QED) is 0.895. The van der Waals surface area contributed by atoms with Crippen LogP contribution in [0.3, 0.4) is 0 Å². The van der Waals surface area contributed by atoms with Gasteiger partial charge in [-0.25, -0.2) is 4.79 Å². The molecule has 126 valence electrons. The van der Waals surface area contributed by atoms with Crippen molar-refractivity contribution in [2.45, 2.75) is 64.4 Å². The van der Waals surface area contributed by atoms with Gasteiger partial charge in [-0.15, -0.1) is 0 Å². The average molecular weight is 318 g/mol. The number of carbonyl (C=O) groups excluding carboxylic acids is 1. The van der Waals surface area contributed by atoms with Gasteiger partial charge in [0.1, 0.15) is 0 Å². The van der Waals surface area contributed by atoms with Crippen LogP contribution in [0.4, 0.5) is 10.5 Å². The van der Waals surface area contributed by atoms with E-state index in [9.17, 15) is 9.90 Å². The number of aliphatic hydroxyl groups excluding tert-OH is 1. The fourth-order valence-electron chi connectivity index (χ4n) is 3.52. The molecule has 0 radical (unpaired) electrons. The second kappa shape index (κ2) is 7.32.